The second-order valence-corrected chi connectivity index (χ2v) is 5.10. The van der Waals surface area contributed by atoms with E-state index in [9.17, 15) is 14.0 Å². The van der Waals surface area contributed by atoms with E-state index in [0.717, 1.165) is 0 Å². The van der Waals surface area contributed by atoms with E-state index in [2.05, 4.69) is 5.32 Å². The van der Waals surface area contributed by atoms with Gasteiger partial charge in [0.05, 0.1) is 10.5 Å². The van der Waals surface area contributed by atoms with Crippen LogP contribution >= 0.6 is 11.6 Å². The Hall–Kier alpha value is -2.60. The van der Waals surface area contributed by atoms with E-state index >= 15 is 0 Å². The van der Waals surface area contributed by atoms with Crippen LogP contribution in [0.5, 0.6) is 0 Å². The van der Waals surface area contributed by atoms with Gasteiger partial charge < -0.3 is 9.73 Å². The second kappa shape index (κ2) is 5.31. The van der Waals surface area contributed by atoms with Crippen molar-refractivity contribution >= 4 is 34.3 Å². The Labute approximate surface area is 128 Å². The molecule has 5 nitrogen and oxygen atoms in total. The minimum absolute atomic E-state index is 0.0783. The molecule has 0 spiro atoms. The van der Waals surface area contributed by atoms with Gasteiger partial charge in [-0.25, -0.2) is 9.18 Å². The van der Waals surface area contributed by atoms with Gasteiger partial charge in [0.25, 0.3) is 5.91 Å². The Morgan fingerprint density at radius 2 is 2.05 bits per heavy atom. The van der Waals surface area contributed by atoms with Crippen molar-refractivity contribution in [1.82, 2.24) is 4.57 Å². The highest BCUT2D eigenvalue weighted by Gasteiger charge is 2.12. The van der Waals surface area contributed by atoms with Crippen LogP contribution in [0.25, 0.3) is 11.1 Å². The maximum absolute atomic E-state index is 13.1. The molecule has 0 bridgehead atoms. The van der Waals surface area contributed by atoms with Gasteiger partial charge in [-0.15, -0.1) is 0 Å². The van der Waals surface area contributed by atoms with Crippen molar-refractivity contribution in [3.63, 3.8) is 0 Å². The number of aromatic nitrogens is 1. The molecule has 0 saturated heterocycles. The molecule has 0 atom stereocenters. The molecular formula is C15H10ClFN2O3. The Morgan fingerprint density at radius 1 is 1.27 bits per heavy atom. The Kier molecular flexibility index (Phi) is 3.46. The predicted octanol–water partition coefficient (Wildman–Crippen LogP) is 3.18. The number of amides is 1. The first-order chi connectivity index (χ1) is 10.5. The molecule has 0 saturated carbocycles. The van der Waals surface area contributed by atoms with Crippen LogP contribution in [0.3, 0.4) is 0 Å². The number of anilines is 1. The summed E-state index contributed by atoms with van der Waals surface area (Å²) in [6.07, 6.45) is 0. The van der Waals surface area contributed by atoms with E-state index in [4.69, 9.17) is 16.0 Å². The zero-order valence-electron chi connectivity index (χ0n) is 11.4. The van der Waals surface area contributed by atoms with E-state index < -0.39 is 17.5 Å². The van der Waals surface area contributed by atoms with Crippen molar-refractivity contribution in [2.75, 3.05) is 5.32 Å². The third-order valence-electron chi connectivity index (χ3n) is 3.23. The highest BCUT2D eigenvalue weighted by Crippen LogP contribution is 2.20. The number of halogens is 2. The number of benzene rings is 2. The first kappa shape index (κ1) is 14.3. The molecule has 0 aliphatic carbocycles. The molecule has 3 rings (SSSR count). The fourth-order valence-corrected chi connectivity index (χ4v) is 2.23. The molecule has 1 heterocycles. The number of carbonyl (C=O) groups excluding carboxylic acids is 1. The van der Waals surface area contributed by atoms with E-state index in [1.165, 1.54) is 28.8 Å². The van der Waals surface area contributed by atoms with Gasteiger partial charge in [0.2, 0.25) is 0 Å². The lowest BCUT2D eigenvalue weighted by molar-refractivity contribution is 0.102. The molecule has 0 unspecified atom stereocenters. The highest BCUT2D eigenvalue weighted by atomic mass is 35.5. The van der Waals surface area contributed by atoms with Crippen molar-refractivity contribution < 1.29 is 13.6 Å². The first-order valence-electron chi connectivity index (χ1n) is 6.31. The molecule has 3 aromatic rings. The smallest absolute Gasteiger partial charge is 0.408 e. The molecule has 7 heteroatoms. The minimum atomic E-state index is -0.561. The van der Waals surface area contributed by atoms with E-state index in [1.807, 2.05) is 0 Å². The third-order valence-corrected chi connectivity index (χ3v) is 3.52. The van der Waals surface area contributed by atoms with Crippen molar-refractivity contribution in [3.8, 4) is 0 Å². The Bertz CT molecular complexity index is 946. The molecule has 2 aromatic carbocycles. The summed E-state index contributed by atoms with van der Waals surface area (Å²) < 4.78 is 19.4. The molecule has 1 amide bonds. The number of carbonyl (C=O) groups is 1. The van der Waals surface area contributed by atoms with Gasteiger partial charge in [0.1, 0.15) is 5.82 Å². The summed E-state index contributed by atoms with van der Waals surface area (Å²) in [5.74, 6) is -1.47. The lowest BCUT2D eigenvalue weighted by Gasteiger charge is -2.06. The Morgan fingerprint density at radius 3 is 2.77 bits per heavy atom. The predicted molar refractivity (Wildman–Crippen MR) is 80.8 cm³/mol. The van der Waals surface area contributed by atoms with Crippen LogP contribution in [0.1, 0.15) is 10.4 Å². The largest absolute Gasteiger partial charge is 0.419 e. The van der Waals surface area contributed by atoms with E-state index in [1.54, 1.807) is 19.2 Å². The number of aryl methyl sites for hydroxylation is 1. The molecule has 0 fully saturated rings. The van der Waals surface area contributed by atoms with Crippen LogP contribution in [-0.2, 0) is 7.05 Å². The summed E-state index contributed by atoms with van der Waals surface area (Å²) in [5, 5.41) is 2.53. The lowest BCUT2D eigenvalue weighted by atomic mass is 10.2. The Balaban J connectivity index is 1.93. The molecule has 1 N–H and O–H groups in total. The van der Waals surface area contributed by atoms with Crippen molar-refractivity contribution in [1.29, 1.82) is 0 Å². The summed E-state index contributed by atoms with van der Waals surface area (Å²) >= 11 is 5.67. The number of hydrogen-bond donors (Lipinski definition) is 1. The summed E-state index contributed by atoms with van der Waals surface area (Å²) in [6.45, 7) is 0. The molecule has 112 valence electrons. The average molecular weight is 321 g/mol. The van der Waals surface area contributed by atoms with Crippen LogP contribution in [0.4, 0.5) is 10.1 Å². The van der Waals surface area contributed by atoms with Crippen LogP contribution in [-0.4, -0.2) is 10.5 Å². The zero-order valence-corrected chi connectivity index (χ0v) is 12.1. The number of nitrogens with one attached hydrogen (secondary N) is 1. The van der Waals surface area contributed by atoms with Gasteiger partial charge in [0, 0.05) is 18.3 Å². The molecule has 1 aromatic heterocycles. The summed E-state index contributed by atoms with van der Waals surface area (Å²) in [5.41, 5.74) is 1.62. The SMILES string of the molecule is Cn1c(=O)oc2ccc(C(=O)Nc3ccc(F)c(Cl)c3)cc21. The standard InChI is InChI=1S/C15H10ClFN2O3/c1-19-12-6-8(2-5-13(12)22-15(19)21)14(20)18-9-3-4-11(17)10(16)7-9/h2-7H,1H3,(H,18,20). The second-order valence-electron chi connectivity index (χ2n) is 4.69. The molecule has 0 aliphatic heterocycles. The van der Waals surface area contributed by atoms with E-state index in [-0.39, 0.29) is 5.02 Å². The molecule has 22 heavy (non-hydrogen) atoms. The quantitative estimate of drug-likeness (QED) is 0.788. The highest BCUT2D eigenvalue weighted by molar-refractivity contribution is 6.31. The number of nitrogens with zero attached hydrogens (tertiary/aromatic N) is 1. The van der Waals surface area contributed by atoms with Crippen LogP contribution < -0.4 is 11.1 Å². The summed E-state index contributed by atoms with van der Waals surface area (Å²) in [4.78, 5) is 23.6. The zero-order chi connectivity index (χ0) is 15.9. The van der Waals surface area contributed by atoms with Crippen LogP contribution in [0.2, 0.25) is 5.02 Å². The van der Waals surface area contributed by atoms with Crippen LogP contribution in [0.15, 0.2) is 45.6 Å². The topological polar surface area (TPSA) is 64.2 Å². The van der Waals surface area contributed by atoms with Gasteiger partial charge in [-0.05, 0) is 36.4 Å². The van der Waals surface area contributed by atoms with Crippen molar-refractivity contribution in [2.24, 2.45) is 7.05 Å². The number of hydrogen-bond acceptors (Lipinski definition) is 3. The van der Waals surface area contributed by atoms with Gasteiger partial charge in [0.15, 0.2) is 5.58 Å². The molecule has 0 radical (unpaired) electrons. The summed E-state index contributed by atoms with van der Waals surface area (Å²) in [7, 11) is 1.55. The fourth-order valence-electron chi connectivity index (χ4n) is 2.05. The van der Waals surface area contributed by atoms with Gasteiger partial charge >= 0.3 is 5.76 Å². The minimum Gasteiger partial charge on any atom is -0.408 e. The lowest BCUT2D eigenvalue weighted by Crippen LogP contribution is -2.12. The maximum Gasteiger partial charge on any atom is 0.419 e. The van der Waals surface area contributed by atoms with E-state index in [0.29, 0.717) is 22.4 Å². The molecule has 0 aliphatic rings. The van der Waals surface area contributed by atoms with Gasteiger partial charge in [-0.3, -0.25) is 9.36 Å². The number of oxazole rings is 1. The van der Waals surface area contributed by atoms with Crippen molar-refractivity contribution in [3.05, 3.63) is 63.4 Å². The average Bonchev–Trinajstić information content (AvgIpc) is 2.78. The summed E-state index contributed by atoms with van der Waals surface area (Å²) in [6, 6.07) is 8.52. The fraction of sp³-hybridized carbons (Fsp3) is 0.0667. The van der Waals surface area contributed by atoms with Gasteiger partial charge in [-0.2, -0.15) is 0 Å². The third kappa shape index (κ3) is 2.48. The molecular weight excluding hydrogens is 311 g/mol. The van der Waals surface area contributed by atoms with Gasteiger partial charge in [-0.1, -0.05) is 11.6 Å². The monoisotopic (exact) mass is 320 g/mol. The number of rotatable bonds is 2. The first-order valence-corrected chi connectivity index (χ1v) is 6.69. The normalized spacial score (nSPS) is 10.9. The number of fused-ring (bicyclic) bond motifs is 1. The van der Waals surface area contributed by atoms with Crippen LogP contribution in [0, 0.1) is 5.82 Å². The van der Waals surface area contributed by atoms with Crippen molar-refractivity contribution in [2.45, 2.75) is 0 Å². The maximum atomic E-state index is 13.1.